The molecule has 1 aromatic carbocycles. The molecule has 0 aromatic heterocycles. The average molecular weight is 242 g/mol. The van der Waals surface area contributed by atoms with Gasteiger partial charge in [0.15, 0.2) is 0 Å². The molecular formula is C9H8BrNS. The molecule has 1 nitrogen and oxygen atoms in total. The van der Waals surface area contributed by atoms with Gasteiger partial charge < -0.3 is 4.90 Å². The number of rotatable bonds is 0. The SMILES string of the molecule is C=C1Sc2ccc(Br)cc2N1C. The summed E-state index contributed by atoms with van der Waals surface area (Å²) in [6.45, 7) is 3.95. The van der Waals surface area contributed by atoms with Gasteiger partial charge in [-0.15, -0.1) is 0 Å². The van der Waals surface area contributed by atoms with Gasteiger partial charge in [-0.1, -0.05) is 34.3 Å². The maximum absolute atomic E-state index is 3.95. The minimum atomic E-state index is 1.09. The molecule has 0 fully saturated rings. The standard InChI is InChI=1S/C9H8BrNS/c1-6-11(2)8-5-7(10)3-4-9(8)12-6/h3-5H,1H2,2H3. The normalized spacial score (nSPS) is 15.2. The Hall–Kier alpha value is -0.410. The topological polar surface area (TPSA) is 3.24 Å². The van der Waals surface area contributed by atoms with Crippen molar-refractivity contribution in [2.75, 3.05) is 11.9 Å². The molecule has 0 radical (unpaired) electrons. The summed E-state index contributed by atoms with van der Waals surface area (Å²) in [5.74, 6) is 0. The molecule has 0 atom stereocenters. The van der Waals surface area contributed by atoms with E-state index in [1.807, 2.05) is 7.05 Å². The first kappa shape index (κ1) is 8.20. The highest BCUT2D eigenvalue weighted by atomic mass is 79.9. The van der Waals surface area contributed by atoms with E-state index in [1.54, 1.807) is 11.8 Å². The van der Waals surface area contributed by atoms with E-state index in [2.05, 4.69) is 45.6 Å². The zero-order valence-electron chi connectivity index (χ0n) is 6.67. The number of fused-ring (bicyclic) bond motifs is 1. The highest BCUT2D eigenvalue weighted by molar-refractivity contribution is 9.10. The van der Waals surface area contributed by atoms with Crippen LogP contribution in [0, 0.1) is 0 Å². The number of hydrogen-bond acceptors (Lipinski definition) is 2. The third-order valence-corrected chi connectivity index (χ3v) is 3.45. The molecular weight excluding hydrogens is 234 g/mol. The lowest BCUT2D eigenvalue weighted by molar-refractivity contribution is 1.18. The Morgan fingerprint density at radius 2 is 2.25 bits per heavy atom. The van der Waals surface area contributed by atoms with E-state index in [-0.39, 0.29) is 0 Å². The predicted molar refractivity (Wildman–Crippen MR) is 57.5 cm³/mol. The quantitative estimate of drug-likeness (QED) is 0.685. The summed E-state index contributed by atoms with van der Waals surface area (Å²) in [5.41, 5.74) is 1.24. The molecule has 0 saturated carbocycles. The van der Waals surface area contributed by atoms with Gasteiger partial charge in [-0.25, -0.2) is 0 Å². The number of nitrogens with zero attached hydrogens (tertiary/aromatic N) is 1. The Bertz CT molecular complexity index is 348. The van der Waals surface area contributed by atoms with Crippen LogP contribution in [0.4, 0.5) is 5.69 Å². The van der Waals surface area contributed by atoms with Crippen LogP contribution in [0.5, 0.6) is 0 Å². The van der Waals surface area contributed by atoms with Crippen LogP contribution in [0.1, 0.15) is 0 Å². The minimum absolute atomic E-state index is 1.09. The molecule has 0 saturated heterocycles. The first-order chi connectivity index (χ1) is 5.68. The van der Waals surface area contributed by atoms with Crippen LogP contribution in [-0.2, 0) is 0 Å². The Labute approximate surface area is 84.6 Å². The predicted octanol–water partition coefficient (Wildman–Crippen LogP) is 3.46. The molecule has 12 heavy (non-hydrogen) atoms. The zero-order valence-corrected chi connectivity index (χ0v) is 9.08. The molecule has 0 bridgehead atoms. The summed E-state index contributed by atoms with van der Waals surface area (Å²) in [6.07, 6.45) is 0. The second-order valence-electron chi connectivity index (χ2n) is 2.67. The first-order valence-corrected chi connectivity index (χ1v) is 5.19. The lowest BCUT2D eigenvalue weighted by Gasteiger charge is -2.11. The Balaban J connectivity index is 2.55. The lowest BCUT2D eigenvalue weighted by Crippen LogP contribution is -2.07. The van der Waals surface area contributed by atoms with Gasteiger partial charge in [-0.05, 0) is 18.2 Å². The lowest BCUT2D eigenvalue weighted by atomic mass is 10.3. The van der Waals surface area contributed by atoms with E-state index < -0.39 is 0 Å². The summed E-state index contributed by atoms with van der Waals surface area (Å²) in [7, 11) is 2.04. The van der Waals surface area contributed by atoms with Crippen LogP contribution in [0.3, 0.4) is 0 Å². The molecule has 62 valence electrons. The number of benzene rings is 1. The van der Waals surface area contributed by atoms with Gasteiger partial charge in [0.2, 0.25) is 0 Å². The summed E-state index contributed by atoms with van der Waals surface area (Å²) in [6, 6.07) is 6.28. The second kappa shape index (κ2) is 2.82. The van der Waals surface area contributed by atoms with Gasteiger partial charge >= 0.3 is 0 Å². The second-order valence-corrected chi connectivity index (χ2v) is 4.70. The van der Waals surface area contributed by atoms with Crippen molar-refractivity contribution < 1.29 is 0 Å². The van der Waals surface area contributed by atoms with Crippen molar-refractivity contribution in [1.82, 2.24) is 0 Å². The Morgan fingerprint density at radius 3 is 3.00 bits per heavy atom. The van der Waals surface area contributed by atoms with Crippen molar-refractivity contribution in [1.29, 1.82) is 0 Å². The molecule has 0 N–H and O–H groups in total. The van der Waals surface area contributed by atoms with Gasteiger partial charge in [0.25, 0.3) is 0 Å². The van der Waals surface area contributed by atoms with Crippen molar-refractivity contribution in [2.24, 2.45) is 0 Å². The molecule has 0 aliphatic carbocycles. The van der Waals surface area contributed by atoms with E-state index >= 15 is 0 Å². The van der Waals surface area contributed by atoms with E-state index in [4.69, 9.17) is 0 Å². The van der Waals surface area contributed by atoms with E-state index in [9.17, 15) is 0 Å². The van der Waals surface area contributed by atoms with Crippen LogP contribution in [-0.4, -0.2) is 7.05 Å². The molecule has 0 amide bonds. The fourth-order valence-corrected chi connectivity index (χ4v) is 2.44. The van der Waals surface area contributed by atoms with Crippen molar-refractivity contribution >= 4 is 33.4 Å². The molecule has 0 spiro atoms. The minimum Gasteiger partial charge on any atom is -0.339 e. The van der Waals surface area contributed by atoms with Gasteiger partial charge in [-0.2, -0.15) is 0 Å². The van der Waals surface area contributed by atoms with Gasteiger partial charge in [0, 0.05) is 16.4 Å². The van der Waals surface area contributed by atoms with Crippen LogP contribution in [0.25, 0.3) is 0 Å². The molecule has 3 heteroatoms. The molecule has 2 rings (SSSR count). The van der Waals surface area contributed by atoms with Crippen molar-refractivity contribution in [2.45, 2.75) is 4.90 Å². The first-order valence-electron chi connectivity index (χ1n) is 3.58. The molecule has 1 aromatic rings. The van der Waals surface area contributed by atoms with Crippen LogP contribution in [0.2, 0.25) is 0 Å². The molecule has 1 aliphatic heterocycles. The largest absolute Gasteiger partial charge is 0.339 e. The zero-order chi connectivity index (χ0) is 8.72. The highest BCUT2D eigenvalue weighted by Gasteiger charge is 2.19. The maximum atomic E-state index is 3.95. The van der Waals surface area contributed by atoms with Gasteiger partial charge in [0.1, 0.15) is 0 Å². The monoisotopic (exact) mass is 241 g/mol. The van der Waals surface area contributed by atoms with Crippen molar-refractivity contribution in [3.8, 4) is 0 Å². The fourth-order valence-electron chi connectivity index (χ4n) is 1.17. The summed E-state index contributed by atoms with van der Waals surface area (Å²) >= 11 is 5.17. The molecule has 1 heterocycles. The number of halogens is 1. The molecule has 1 aliphatic rings. The van der Waals surface area contributed by atoms with Gasteiger partial charge in [-0.3, -0.25) is 0 Å². The van der Waals surface area contributed by atoms with Crippen LogP contribution >= 0.6 is 27.7 Å². The van der Waals surface area contributed by atoms with Crippen LogP contribution in [0.15, 0.2) is 39.2 Å². The van der Waals surface area contributed by atoms with E-state index in [1.165, 1.54) is 10.6 Å². The average Bonchev–Trinajstić information content (AvgIpc) is 2.31. The summed E-state index contributed by atoms with van der Waals surface area (Å²) < 4.78 is 1.11. The van der Waals surface area contributed by atoms with Crippen molar-refractivity contribution in [3.05, 3.63) is 34.3 Å². The Kier molecular flexibility index (Phi) is 1.93. The number of hydrogen-bond donors (Lipinski definition) is 0. The van der Waals surface area contributed by atoms with E-state index in [0.29, 0.717) is 0 Å². The number of anilines is 1. The van der Waals surface area contributed by atoms with Gasteiger partial charge in [0.05, 0.1) is 10.7 Å². The summed E-state index contributed by atoms with van der Waals surface area (Å²) in [4.78, 5) is 3.38. The third-order valence-electron chi connectivity index (χ3n) is 1.88. The van der Waals surface area contributed by atoms with Crippen LogP contribution < -0.4 is 4.90 Å². The van der Waals surface area contributed by atoms with Crippen molar-refractivity contribution in [3.63, 3.8) is 0 Å². The third kappa shape index (κ3) is 1.17. The maximum Gasteiger partial charge on any atom is 0.0725 e. The Morgan fingerprint density at radius 1 is 1.50 bits per heavy atom. The fraction of sp³-hybridized carbons (Fsp3) is 0.111. The van der Waals surface area contributed by atoms with E-state index in [0.717, 1.165) is 9.50 Å². The number of thioether (sulfide) groups is 1. The highest BCUT2D eigenvalue weighted by Crippen LogP contribution is 2.44. The smallest absolute Gasteiger partial charge is 0.0725 e. The summed E-state index contributed by atoms with van der Waals surface area (Å²) in [5, 5.41) is 1.09. The molecule has 0 unspecified atom stereocenters.